The van der Waals surface area contributed by atoms with E-state index in [9.17, 15) is 0 Å². The minimum Gasteiger partial charge on any atom is -0.396 e. The first-order valence-corrected chi connectivity index (χ1v) is 7.39. The Morgan fingerprint density at radius 1 is 1.35 bits per heavy atom. The highest BCUT2D eigenvalue weighted by Crippen LogP contribution is 2.20. The molecule has 2 unspecified atom stereocenters. The average Bonchev–Trinajstić information content (AvgIpc) is 2.78. The van der Waals surface area contributed by atoms with Crippen molar-refractivity contribution in [1.82, 2.24) is 5.32 Å². The van der Waals surface area contributed by atoms with Crippen LogP contribution in [0.3, 0.4) is 0 Å². The van der Waals surface area contributed by atoms with E-state index in [1.165, 1.54) is 11.3 Å². The number of thiophene rings is 1. The molecule has 1 aromatic rings. The second kappa shape index (κ2) is 7.85. The van der Waals surface area contributed by atoms with Gasteiger partial charge in [0.1, 0.15) is 0 Å². The molecule has 1 heterocycles. The summed E-state index contributed by atoms with van der Waals surface area (Å²) in [6, 6.07) is 4.69. The monoisotopic (exact) mass is 255 g/mol. The van der Waals surface area contributed by atoms with Gasteiger partial charge in [-0.2, -0.15) is 0 Å². The molecule has 0 fully saturated rings. The van der Waals surface area contributed by atoms with Crippen molar-refractivity contribution in [3.05, 3.63) is 22.4 Å². The van der Waals surface area contributed by atoms with Gasteiger partial charge in [-0.25, -0.2) is 0 Å². The number of nitrogens with one attached hydrogen (secondary N) is 1. The number of hydrogen-bond donors (Lipinski definition) is 2. The van der Waals surface area contributed by atoms with Crippen molar-refractivity contribution in [2.45, 2.75) is 39.7 Å². The second-order valence-electron chi connectivity index (χ2n) is 5.15. The van der Waals surface area contributed by atoms with Gasteiger partial charge in [-0.3, -0.25) is 0 Å². The van der Waals surface area contributed by atoms with Gasteiger partial charge in [0.25, 0.3) is 0 Å². The molecule has 17 heavy (non-hydrogen) atoms. The van der Waals surface area contributed by atoms with Crippen molar-refractivity contribution in [3.63, 3.8) is 0 Å². The summed E-state index contributed by atoms with van der Waals surface area (Å²) in [5.74, 6) is 1.29. The SMILES string of the molecule is CC(C)CC(CCO)CNC(C)c1cccs1. The maximum Gasteiger partial charge on any atom is 0.0434 e. The summed E-state index contributed by atoms with van der Waals surface area (Å²) >= 11 is 1.80. The molecular weight excluding hydrogens is 230 g/mol. The predicted octanol–water partition coefficient (Wildman–Crippen LogP) is 3.44. The molecule has 0 aromatic carbocycles. The molecule has 1 aromatic heterocycles. The minimum absolute atomic E-state index is 0.298. The molecule has 98 valence electrons. The van der Waals surface area contributed by atoms with Crippen LogP contribution in [0, 0.1) is 11.8 Å². The molecule has 0 aliphatic heterocycles. The lowest BCUT2D eigenvalue weighted by atomic mass is 9.94. The lowest BCUT2D eigenvalue weighted by molar-refractivity contribution is 0.237. The van der Waals surface area contributed by atoms with Crippen LogP contribution in [-0.2, 0) is 0 Å². The van der Waals surface area contributed by atoms with Crippen molar-refractivity contribution in [2.75, 3.05) is 13.2 Å². The summed E-state index contributed by atoms with van der Waals surface area (Å²) in [7, 11) is 0. The van der Waals surface area contributed by atoms with Gasteiger partial charge >= 0.3 is 0 Å². The van der Waals surface area contributed by atoms with Crippen molar-refractivity contribution < 1.29 is 5.11 Å². The van der Waals surface area contributed by atoms with E-state index >= 15 is 0 Å². The lowest BCUT2D eigenvalue weighted by Gasteiger charge is -2.21. The lowest BCUT2D eigenvalue weighted by Crippen LogP contribution is -2.26. The van der Waals surface area contributed by atoms with Crippen molar-refractivity contribution in [3.8, 4) is 0 Å². The van der Waals surface area contributed by atoms with Gasteiger partial charge in [-0.15, -0.1) is 11.3 Å². The van der Waals surface area contributed by atoms with Crippen molar-refractivity contribution in [2.24, 2.45) is 11.8 Å². The number of aliphatic hydroxyl groups excluding tert-OH is 1. The summed E-state index contributed by atoms with van der Waals surface area (Å²) in [6.07, 6.45) is 2.09. The zero-order valence-corrected chi connectivity index (χ0v) is 12.0. The van der Waals surface area contributed by atoms with Gasteiger partial charge in [0.05, 0.1) is 0 Å². The van der Waals surface area contributed by atoms with Crippen LogP contribution in [-0.4, -0.2) is 18.3 Å². The third-order valence-electron chi connectivity index (χ3n) is 3.02. The van der Waals surface area contributed by atoms with E-state index in [-0.39, 0.29) is 0 Å². The summed E-state index contributed by atoms with van der Waals surface area (Å²) < 4.78 is 0. The Labute approximate surface area is 109 Å². The van der Waals surface area contributed by atoms with Crippen LogP contribution in [0.1, 0.15) is 44.5 Å². The molecule has 0 saturated heterocycles. The molecule has 1 rings (SSSR count). The minimum atomic E-state index is 0.298. The van der Waals surface area contributed by atoms with E-state index in [2.05, 4.69) is 43.6 Å². The second-order valence-corrected chi connectivity index (χ2v) is 6.13. The maximum atomic E-state index is 9.07. The summed E-state index contributed by atoms with van der Waals surface area (Å²) in [5.41, 5.74) is 0. The smallest absolute Gasteiger partial charge is 0.0434 e. The van der Waals surface area contributed by atoms with Gasteiger partial charge in [0.2, 0.25) is 0 Å². The Morgan fingerprint density at radius 3 is 2.65 bits per heavy atom. The van der Waals surface area contributed by atoms with Gasteiger partial charge in [0, 0.05) is 17.5 Å². The normalized spacial score (nSPS) is 15.1. The first-order chi connectivity index (χ1) is 8.13. The van der Waals surface area contributed by atoms with Gasteiger partial charge in [-0.05, 0) is 49.6 Å². The van der Waals surface area contributed by atoms with Crippen LogP contribution >= 0.6 is 11.3 Å². The van der Waals surface area contributed by atoms with Crippen molar-refractivity contribution >= 4 is 11.3 Å². The quantitative estimate of drug-likeness (QED) is 0.746. The Kier molecular flexibility index (Phi) is 6.78. The van der Waals surface area contributed by atoms with E-state index < -0.39 is 0 Å². The Morgan fingerprint density at radius 2 is 2.12 bits per heavy atom. The number of hydrogen-bond acceptors (Lipinski definition) is 3. The Balaban J connectivity index is 2.35. The first kappa shape index (κ1) is 14.7. The summed E-state index contributed by atoms with van der Waals surface area (Å²) in [5, 5.41) is 14.8. The van der Waals surface area contributed by atoms with E-state index in [0.29, 0.717) is 24.5 Å². The molecule has 0 amide bonds. The van der Waals surface area contributed by atoms with Crippen LogP contribution < -0.4 is 5.32 Å². The third kappa shape index (κ3) is 5.66. The molecule has 0 aliphatic carbocycles. The molecule has 3 heteroatoms. The topological polar surface area (TPSA) is 32.3 Å². The molecule has 2 nitrogen and oxygen atoms in total. The highest BCUT2D eigenvalue weighted by Gasteiger charge is 2.13. The van der Waals surface area contributed by atoms with Crippen molar-refractivity contribution in [1.29, 1.82) is 0 Å². The summed E-state index contributed by atoms with van der Waals surface area (Å²) in [4.78, 5) is 1.39. The zero-order chi connectivity index (χ0) is 12.7. The van der Waals surface area contributed by atoms with E-state index in [4.69, 9.17) is 5.11 Å². The molecule has 2 atom stereocenters. The van der Waals surface area contributed by atoms with E-state index in [1.54, 1.807) is 11.3 Å². The highest BCUT2D eigenvalue weighted by atomic mass is 32.1. The van der Waals surface area contributed by atoms with Crippen LogP contribution in [0.5, 0.6) is 0 Å². The van der Waals surface area contributed by atoms with Crippen LogP contribution in [0.4, 0.5) is 0 Å². The van der Waals surface area contributed by atoms with Crippen LogP contribution in [0.15, 0.2) is 17.5 Å². The predicted molar refractivity (Wildman–Crippen MR) is 75.4 cm³/mol. The molecule has 0 radical (unpaired) electrons. The number of rotatable bonds is 8. The molecule has 0 aliphatic rings. The van der Waals surface area contributed by atoms with E-state index in [1.807, 2.05) is 0 Å². The first-order valence-electron chi connectivity index (χ1n) is 6.51. The van der Waals surface area contributed by atoms with Crippen LogP contribution in [0.25, 0.3) is 0 Å². The Hall–Kier alpha value is -0.380. The van der Waals surface area contributed by atoms with Gasteiger partial charge in [0.15, 0.2) is 0 Å². The molecule has 0 saturated carbocycles. The van der Waals surface area contributed by atoms with E-state index in [0.717, 1.165) is 13.0 Å². The fourth-order valence-corrected chi connectivity index (χ4v) is 2.89. The zero-order valence-electron chi connectivity index (χ0n) is 11.1. The summed E-state index contributed by atoms with van der Waals surface area (Å²) in [6.45, 7) is 7.99. The molecular formula is C14H25NOS. The fraction of sp³-hybridized carbons (Fsp3) is 0.714. The fourth-order valence-electron chi connectivity index (χ4n) is 2.13. The third-order valence-corrected chi connectivity index (χ3v) is 4.08. The molecule has 2 N–H and O–H groups in total. The average molecular weight is 255 g/mol. The molecule has 0 spiro atoms. The van der Waals surface area contributed by atoms with Gasteiger partial charge < -0.3 is 10.4 Å². The largest absolute Gasteiger partial charge is 0.396 e. The maximum absolute atomic E-state index is 9.07. The van der Waals surface area contributed by atoms with Crippen LogP contribution in [0.2, 0.25) is 0 Å². The van der Waals surface area contributed by atoms with Gasteiger partial charge in [-0.1, -0.05) is 19.9 Å². The highest BCUT2D eigenvalue weighted by molar-refractivity contribution is 7.10. The Bertz CT molecular complexity index is 284. The number of aliphatic hydroxyl groups is 1. The molecule has 0 bridgehead atoms. The standard InChI is InChI=1S/C14H25NOS/c1-11(2)9-13(6-7-16)10-15-12(3)14-5-4-8-17-14/h4-5,8,11-13,15-16H,6-7,9-10H2,1-3H3.